The molecule has 0 fully saturated rings. The fraction of sp³-hybridized carbons (Fsp3) is 0.357. The summed E-state index contributed by atoms with van der Waals surface area (Å²) in [5.41, 5.74) is 1.06. The van der Waals surface area contributed by atoms with Gasteiger partial charge in [-0.25, -0.2) is 0 Å². The molecule has 3 aromatic heterocycles. The van der Waals surface area contributed by atoms with Gasteiger partial charge < -0.3 is 4.57 Å². The maximum Gasteiger partial charge on any atom is 0.307 e. The first-order valence-electron chi connectivity index (χ1n) is 7.37. The second-order valence-electron chi connectivity index (χ2n) is 5.17. The van der Waals surface area contributed by atoms with Crippen molar-refractivity contribution < 1.29 is 4.92 Å². The molecular weight excluding hydrogens is 348 g/mol. The van der Waals surface area contributed by atoms with Crippen molar-refractivity contribution in [1.82, 2.24) is 24.5 Å². The van der Waals surface area contributed by atoms with Gasteiger partial charge in [-0.05, 0) is 19.4 Å². The van der Waals surface area contributed by atoms with Crippen molar-refractivity contribution >= 4 is 28.8 Å². The molecule has 8 nitrogen and oxygen atoms in total. The molecule has 126 valence electrons. The Balaban J connectivity index is 1.79. The van der Waals surface area contributed by atoms with Gasteiger partial charge in [-0.3, -0.25) is 14.8 Å². The Morgan fingerprint density at radius 1 is 1.42 bits per heavy atom. The first-order valence-corrected chi connectivity index (χ1v) is 9.23. The van der Waals surface area contributed by atoms with E-state index in [1.54, 1.807) is 11.3 Å². The fourth-order valence-electron chi connectivity index (χ4n) is 2.24. The highest BCUT2D eigenvalue weighted by Gasteiger charge is 2.16. The Morgan fingerprint density at radius 3 is 2.88 bits per heavy atom. The van der Waals surface area contributed by atoms with Crippen LogP contribution in [0.15, 0.2) is 29.0 Å². The van der Waals surface area contributed by atoms with E-state index >= 15 is 0 Å². The molecule has 0 saturated heterocycles. The van der Waals surface area contributed by atoms with Crippen molar-refractivity contribution in [2.45, 2.75) is 37.8 Å². The molecule has 0 aliphatic heterocycles. The third kappa shape index (κ3) is 3.49. The summed E-state index contributed by atoms with van der Waals surface area (Å²) in [4.78, 5) is 11.5. The third-order valence-corrected chi connectivity index (χ3v) is 5.12. The van der Waals surface area contributed by atoms with Crippen LogP contribution in [0.1, 0.15) is 18.2 Å². The predicted octanol–water partition coefficient (Wildman–Crippen LogP) is 3.58. The van der Waals surface area contributed by atoms with Crippen molar-refractivity contribution in [3.63, 3.8) is 0 Å². The summed E-state index contributed by atoms with van der Waals surface area (Å²) >= 11 is 3.14. The maximum absolute atomic E-state index is 10.7. The molecule has 0 aliphatic rings. The molecule has 0 amide bonds. The van der Waals surface area contributed by atoms with Gasteiger partial charge in [0.05, 0.1) is 10.8 Å². The minimum Gasteiger partial charge on any atom is -0.302 e. The first-order chi connectivity index (χ1) is 11.6. The first kappa shape index (κ1) is 16.7. The molecule has 0 spiro atoms. The molecule has 0 saturated carbocycles. The van der Waals surface area contributed by atoms with E-state index in [4.69, 9.17) is 0 Å². The molecule has 0 unspecified atom stereocenters. The van der Waals surface area contributed by atoms with Crippen molar-refractivity contribution in [1.29, 1.82) is 0 Å². The lowest BCUT2D eigenvalue weighted by Gasteiger charge is -2.07. The standard InChI is InChI=1S/C14H16N6O2S2/c1-3-4-19-13(11-5-10(2)23-8-11)16-17-14(19)24-9-18-7-12(6-15-18)20(21)22/h5-8H,3-4,9H2,1-2H3. The fourth-order valence-corrected chi connectivity index (χ4v) is 3.74. The summed E-state index contributed by atoms with van der Waals surface area (Å²) < 4.78 is 3.62. The molecule has 0 bridgehead atoms. The minimum atomic E-state index is -0.454. The van der Waals surface area contributed by atoms with Gasteiger partial charge in [-0.15, -0.1) is 21.5 Å². The molecule has 3 rings (SSSR count). The minimum absolute atomic E-state index is 0.0138. The van der Waals surface area contributed by atoms with Crippen LogP contribution in [0.25, 0.3) is 11.4 Å². The molecule has 3 heterocycles. The number of thioether (sulfide) groups is 1. The Labute approximate surface area is 146 Å². The normalized spacial score (nSPS) is 11.1. The Morgan fingerprint density at radius 2 is 2.25 bits per heavy atom. The average molecular weight is 364 g/mol. The lowest BCUT2D eigenvalue weighted by atomic mass is 10.3. The van der Waals surface area contributed by atoms with Crippen LogP contribution in [0.4, 0.5) is 5.69 Å². The SMILES string of the molecule is CCCn1c(SCn2cc([N+](=O)[O-])cn2)nnc1-c1csc(C)c1. The molecule has 0 N–H and O–H groups in total. The number of nitro groups is 1. The number of hydrogen-bond donors (Lipinski definition) is 0. The molecule has 0 radical (unpaired) electrons. The van der Waals surface area contributed by atoms with Gasteiger partial charge in [0.25, 0.3) is 0 Å². The van der Waals surface area contributed by atoms with E-state index in [0.717, 1.165) is 29.5 Å². The molecule has 0 atom stereocenters. The molecule has 0 aliphatic carbocycles. The van der Waals surface area contributed by atoms with Crippen LogP contribution in [0.3, 0.4) is 0 Å². The summed E-state index contributed by atoms with van der Waals surface area (Å²) in [6.07, 6.45) is 3.63. The zero-order valence-electron chi connectivity index (χ0n) is 13.2. The van der Waals surface area contributed by atoms with Gasteiger partial charge in [-0.1, -0.05) is 18.7 Å². The van der Waals surface area contributed by atoms with E-state index in [1.807, 2.05) is 0 Å². The number of thiophene rings is 1. The second-order valence-corrected chi connectivity index (χ2v) is 7.20. The van der Waals surface area contributed by atoms with E-state index in [1.165, 1.54) is 33.7 Å². The molecular formula is C14H16N6O2S2. The van der Waals surface area contributed by atoms with Crippen LogP contribution in [-0.4, -0.2) is 29.5 Å². The van der Waals surface area contributed by atoms with E-state index in [2.05, 4.69) is 45.2 Å². The van der Waals surface area contributed by atoms with Crippen LogP contribution >= 0.6 is 23.1 Å². The number of hydrogen-bond acceptors (Lipinski definition) is 7. The Hall–Kier alpha value is -2.20. The van der Waals surface area contributed by atoms with Crippen molar-refractivity contribution in [3.05, 3.63) is 38.8 Å². The van der Waals surface area contributed by atoms with Crippen LogP contribution < -0.4 is 0 Å². The van der Waals surface area contributed by atoms with Crippen LogP contribution in [0, 0.1) is 17.0 Å². The number of aryl methyl sites for hydroxylation is 1. The Kier molecular flexibility index (Phi) is 4.95. The van der Waals surface area contributed by atoms with Crippen LogP contribution in [-0.2, 0) is 12.4 Å². The topological polar surface area (TPSA) is 91.7 Å². The zero-order chi connectivity index (χ0) is 17.1. The van der Waals surface area contributed by atoms with Gasteiger partial charge in [-0.2, -0.15) is 5.10 Å². The largest absolute Gasteiger partial charge is 0.307 e. The van der Waals surface area contributed by atoms with E-state index in [0.29, 0.717) is 5.88 Å². The quantitative estimate of drug-likeness (QED) is 0.361. The van der Waals surface area contributed by atoms with Gasteiger partial charge >= 0.3 is 5.69 Å². The second kappa shape index (κ2) is 7.14. The summed E-state index contributed by atoms with van der Waals surface area (Å²) in [5.74, 6) is 1.30. The summed E-state index contributed by atoms with van der Waals surface area (Å²) in [5, 5.41) is 26.2. The van der Waals surface area contributed by atoms with Crippen LogP contribution in [0.5, 0.6) is 0 Å². The van der Waals surface area contributed by atoms with Crippen molar-refractivity contribution in [3.8, 4) is 11.4 Å². The van der Waals surface area contributed by atoms with Crippen molar-refractivity contribution in [2.24, 2.45) is 0 Å². The van der Waals surface area contributed by atoms with Gasteiger partial charge in [0.1, 0.15) is 12.4 Å². The van der Waals surface area contributed by atoms with Gasteiger partial charge in [0.2, 0.25) is 0 Å². The molecule has 24 heavy (non-hydrogen) atoms. The zero-order valence-corrected chi connectivity index (χ0v) is 14.9. The number of rotatable bonds is 7. The van der Waals surface area contributed by atoms with E-state index in [9.17, 15) is 10.1 Å². The number of nitrogens with zero attached hydrogens (tertiary/aromatic N) is 6. The summed E-state index contributed by atoms with van der Waals surface area (Å²) in [7, 11) is 0. The lowest BCUT2D eigenvalue weighted by molar-refractivity contribution is -0.385. The van der Waals surface area contributed by atoms with E-state index in [-0.39, 0.29) is 5.69 Å². The summed E-state index contributed by atoms with van der Waals surface area (Å²) in [6, 6.07) is 2.10. The lowest BCUT2D eigenvalue weighted by Crippen LogP contribution is -2.03. The smallest absolute Gasteiger partial charge is 0.302 e. The molecule has 0 aromatic carbocycles. The van der Waals surface area contributed by atoms with Gasteiger partial charge in [0.15, 0.2) is 11.0 Å². The van der Waals surface area contributed by atoms with Gasteiger partial charge in [0, 0.05) is 22.4 Å². The van der Waals surface area contributed by atoms with Crippen molar-refractivity contribution in [2.75, 3.05) is 0 Å². The monoisotopic (exact) mass is 364 g/mol. The third-order valence-electron chi connectivity index (χ3n) is 3.31. The highest BCUT2D eigenvalue weighted by atomic mass is 32.2. The molecule has 3 aromatic rings. The number of aromatic nitrogens is 5. The highest BCUT2D eigenvalue weighted by molar-refractivity contribution is 7.98. The maximum atomic E-state index is 10.7. The summed E-state index contributed by atoms with van der Waals surface area (Å²) in [6.45, 7) is 4.99. The van der Waals surface area contributed by atoms with E-state index < -0.39 is 4.92 Å². The average Bonchev–Trinajstić information content (AvgIpc) is 3.25. The highest BCUT2D eigenvalue weighted by Crippen LogP contribution is 2.28. The predicted molar refractivity (Wildman–Crippen MR) is 93.1 cm³/mol. The molecule has 10 heteroatoms. The Bertz CT molecular complexity index is 853. The van der Waals surface area contributed by atoms with Crippen LogP contribution in [0.2, 0.25) is 0 Å².